The van der Waals surface area contributed by atoms with E-state index in [1.54, 1.807) is 39.8 Å². The van der Waals surface area contributed by atoms with Crippen LogP contribution >= 0.6 is 0 Å². The van der Waals surface area contributed by atoms with Crippen LogP contribution in [0.5, 0.6) is 0 Å². The molecule has 33 heavy (non-hydrogen) atoms. The minimum Gasteiger partial charge on any atom is -0.454 e. The van der Waals surface area contributed by atoms with E-state index in [4.69, 9.17) is 9.47 Å². The molecule has 10 nitrogen and oxygen atoms in total. The van der Waals surface area contributed by atoms with Gasteiger partial charge in [0.25, 0.3) is 11.6 Å². The molecule has 2 aromatic carbocycles. The Morgan fingerprint density at radius 1 is 1.03 bits per heavy atom. The fourth-order valence-corrected chi connectivity index (χ4v) is 2.85. The third kappa shape index (κ3) is 7.60. The van der Waals surface area contributed by atoms with Gasteiger partial charge < -0.3 is 20.1 Å². The van der Waals surface area contributed by atoms with Gasteiger partial charge in [0.15, 0.2) is 6.61 Å². The highest BCUT2D eigenvalue weighted by atomic mass is 16.6. The van der Waals surface area contributed by atoms with Crippen LogP contribution in [0, 0.1) is 29.9 Å². The highest BCUT2D eigenvalue weighted by molar-refractivity contribution is 5.95. The molecule has 0 spiro atoms. The molecule has 2 N–H and O–H groups in total. The van der Waals surface area contributed by atoms with Crippen molar-refractivity contribution in [3.8, 4) is 0 Å². The Morgan fingerprint density at radius 3 is 2.27 bits per heavy atom. The maximum Gasteiger partial charge on any atom is 0.408 e. The molecule has 0 bridgehead atoms. The predicted octanol–water partition coefficient (Wildman–Crippen LogP) is 3.64. The van der Waals surface area contributed by atoms with E-state index in [0.717, 1.165) is 11.1 Å². The van der Waals surface area contributed by atoms with Crippen LogP contribution in [0.3, 0.4) is 0 Å². The maximum absolute atomic E-state index is 12.4. The van der Waals surface area contributed by atoms with E-state index in [-0.39, 0.29) is 23.9 Å². The van der Waals surface area contributed by atoms with Crippen LogP contribution in [-0.4, -0.2) is 35.5 Å². The summed E-state index contributed by atoms with van der Waals surface area (Å²) < 4.78 is 10.1. The molecule has 1 atom stereocenters. The van der Waals surface area contributed by atoms with Gasteiger partial charge in [0.2, 0.25) is 0 Å². The van der Waals surface area contributed by atoms with Crippen molar-refractivity contribution in [3.63, 3.8) is 0 Å². The molecule has 0 aromatic heterocycles. The maximum atomic E-state index is 12.4. The van der Waals surface area contributed by atoms with E-state index < -0.39 is 35.5 Å². The lowest BCUT2D eigenvalue weighted by Gasteiger charge is -2.20. The fourth-order valence-electron chi connectivity index (χ4n) is 2.85. The number of anilines is 1. The summed E-state index contributed by atoms with van der Waals surface area (Å²) in [6, 6.07) is 10.8. The largest absolute Gasteiger partial charge is 0.454 e. The number of ether oxygens (including phenoxy) is 2. The first-order valence-corrected chi connectivity index (χ1v) is 10.3. The number of alkyl carbamates (subject to hydrolysis) is 1. The molecule has 0 unspecified atom stereocenters. The predicted molar refractivity (Wildman–Crippen MR) is 121 cm³/mol. The topological polar surface area (TPSA) is 137 Å². The minimum absolute atomic E-state index is 0.00664. The van der Waals surface area contributed by atoms with Crippen molar-refractivity contribution in [1.82, 2.24) is 5.32 Å². The highest BCUT2D eigenvalue weighted by Crippen LogP contribution is 2.27. The SMILES string of the molecule is Cc1cc(NC(=O)COC(=O)[C@H](NC(=O)OCc2ccccc2)C(C)C)c([N+](=O)[O-])cc1C. The van der Waals surface area contributed by atoms with Crippen molar-refractivity contribution < 1.29 is 28.8 Å². The Kier molecular flexibility index (Phi) is 8.90. The second-order valence-electron chi connectivity index (χ2n) is 7.79. The van der Waals surface area contributed by atoms with Gasteiger partial charge >= 0.3 is 12.1 Å². The van der Waals surface area contributed by atoms with Crippen LogP contribution in [-0.2, 0) is 25.7 Å². The second-order valence-corrected chi connectivity index (χ2v) is 7.79. The number of nitro groups is 1. The highest BCUT2D eigenvalue weighted by Gasteiger charge is 2.27. The second kappa shape index (κ2) is 11.6. The monoisotopic (exact) mass is 457 g/mol. The summed E-state index contributed by atoms with van der Waals surface area (Å²) in [6.45, 7) is 6.23. The molecule has 0 heterocycles. The van der Waals surface area contributed by atoms with Gasteiger partial charge in [-0.25, -0.2) is 9.59 Å². The molecular formula is C23H27N3O7. The summed E-state index contributed by atoms with van der Waals surface area (Å²) in [5, 5.41) is 16.1. The Bertz CT molecular complexity index is 1020. The van der Waals surface area contributed by atoms with Crippen molar-refractivity contribution in [1.29, 1.82) is 0 Å². The number of hydrogen-bond donors (Lipinski definition) is 2. The average Bonchev–Trinajstić information content (AvgIpc) is 2.77. The molecule has 0 fully saturated rings. The summed E-state index contributed by atoms with van der Waals surface area (Å²) in [7, 11) is 0. The summed E-state index contributed by atoms with van der Waals surface area (Å²) in [6.07, 6.45) is -0.801. The molecule has 2 aromatic rings. The van der Waals surface area contributed by atoms with Crippen LogP contribution in [0.2, 0.25) is 0 Å². The summed E-state index contributed by atoms with van der Waals surface area (Å²) in [5.41, 5.74) is 1.99. The molecule has 10 heteroatoms. The molecule has 2 amide bonds. The number of esters is 1. The normalized spacial score (nSPS) is 11.4. The fraction of sp³-hybridized carbons (Fsp3) is 0.348. The van der Waals surface area contributed by atoms with E-state index in [1.807, 2.05) is 18.2 Å². The first-order chi connectivity index (χ1) is 15.6. The molecule has 0 saturated heterocycles. The average molecular weight is 457 g/mol. The molecule has 0 aliphatic rings. The van der Waals surface area contributed by atoms with Crippen molar-refractivity contribution in [2.75, 3.05) is 11.9 Å². The Balaban J connectivity index is 1.92. The van der Waals surface area contributed by atoms with E-state index in [0.29, 0.717) is 5.56 Å². The van der Waals surface area contributed by atoms with Crippen molar-refractivity contribution >= 4 is 29.3 Å². The zero-order valence-electron chi connectivity index (χ0n) is 18.9. The lowest BCUT2D eigenvalue weighted by molar-refractivity contribution is -0.384. The molecular weight excluding hydrogens is 430 g/mol. The number of aryl methyl sites for hydroxylation is 2. The Morgan fingerprint density at radius 2 is 1.67 bits per heavy atom. The van der Waals surface area contributed by atoms with Gasteiger partial charge in [0, 0.05) is 6.07 Å². The van der Waals surface area contributed by atoms with Crippen LogP contribution in [0.4, 0.5) is 16.2 Å². The molecule has 0 saturated carbocycles. The van der Waals surface area contributed by atoms with Gasteiger partial charge in [0.1, 0.15) is 18.3 Å². The van der Waals surface area contributed by atoms with Gasteiger partial charge in [-0.2, -0.15) is 0 Å². The van der Waals surface area contributed by atoms with Crippen molar-refractivity contribution in [3.05, 3.63) is 69.3 Å². The third-order valence-electron chi connectivity index (χ3n) is 4.84. The van der Waals surface area contributed by atoms with Crippen molar-refractivity contribution in [2.45, 2.75) is 40.3 Å². The first-order valence-electron chi connectivity index (χ1n) is 10.3. The lowest BCUT2D eigenvalue weighted by Crippen LogP contribution is -2.46. The number of hydrogen-bond acceptors (Lipinski definition) is 7. The Labute approximate surface area is 191 Å². The van der Waals surface area contributed by atoms with Crippen LogP contribution in [0.15, 0.2) is 42.5 Å². The first kappa shape index (κ1) is 25.3. The molecule has 0 aliphatic carbocycles. The van der Waals surface area contributed by atoms with Gasteiger partial charge in [-0.15, -0.1) is 0 Å². The Hall–Kier alpha value is -3.95. The number of rotatable bonds is 9. The molecule has 176 valence electrons. The zero-order chi connectivity index (χ0) is 24.5. The lowest BCUT2D eigenvalue weighted by atomic mass is 10.1. The van der Waals surface area contributed by atoms with E-state index >= 15 is 0 Å². The number of nitro benzene ring substituents is 1. The third-order valence-corrected chi connectivity index (χ3v) is 4.84. The summed E-state index contributed by atoms with van der Waals surface area (Å²) in [5.74, 6) is -1.92. The van der Waals surface area contributed by atoms with E-state index in [2.05, 4.69) is 10.6 Å². The zero-order valence-corrected chi connectivity index (χ0v) is 18.9. The van der Waals surface area contributed by atoms with E-state index in [1.165, 1.54) is 12.1 Å². The van der Waals surface area contributed by atoms with Gasteiger partial charge in [0.05, 0.1) is 4.92 Å². The number of carbonyl (C=O) groups excluding carboxylic acids is 3. The molecule has 0 radical (unpaired) electrons. The van der Waals surface area contributed by atoms with Crippen LogP contribution in [0.1, 0.15) is 30.5 Å². The summed E-state index contributed by atoms with van der Waals surface area (Å²) >= 11 is 0. The number of benzene rings is 2. The molecule has 2 rings (SSSR count). The summed E-state index contributed by atoms with van der Waals surface area (Å²) in [4.78, 5) is 47.4. The van der Waals surface area contributed by atoms with Gasteiger partial charge in [-0.05, 0) is 42.5 Å². The van der Waals surface area contributed by atoms with E-state index in [9.17, 15) is 24.5 Å². The number of carbonyl (C=O) groups is 3. The smallest absolute Gasteiger partial charge is 0.408 e. The van der Waals surface area contributed by atoms with Gasteiger partial charge in [-0.3, -0.25) is 14.9 Å². The van der Waals surface area contributed by atoms with Crippen molar-refractivity contribution in [2.24, 2.45) is 5.92 Å². The number of amides is 2. The van der Waals surface area contributed by atoms with Crippen LogP contribution in [0.25, 0.3) is 0 Å². The standard InChI is InChI=1S/C23H27N3O7/c1-14(2)21(25-23(29)33-12-17-8-6-5-7-9-17)22(28)32-13-20(27)24-18-10-15(3)16(4)11-19(18)26(30)31/h5-11,14,21H,12-13H2,1-4H3,(H,24,27)(H,25,29)/t21-/m1/s1. The molecule has 0 aliphatic heterocycles. The minimum atomic E-state index is -1.04. The van der Waals surface area contributed by atoms with Gasteiger partial charge in [-0.1, -0.05) is 44.2 Å². The number of nitrogens with zero attached hydrogens (tertiary/aromatic N) is 1. The number of nitrogens with one attached hydrogen (secondary N) is 2. The quantitative estimate of drug-likeness (QED) is 0.333. The van der Waals surface area contributed by atoms with Crippen LogP contribution < -0.4 is 10.6 Å².